The SMILES string of the molecule is COc1ccc(N(Cc2ccc(C(C)C)cc2)C(=O)CCN)cc1. The molecule has 0 spiro atoms. The summed E-state index contributed by atoms with van der Waals surface area (Å²) in [5.41, 5.74) is 8.81. The van der Waals surface area contributed by atoms with Gasteiger partial charge in [0.1, 0.15) is 5.75 Å². The predicted molar refractivity (Wildman–Crippen MR) is 98.4 cm³/mol. The molecule has 4 nitrogen and oxygen atoms in total. The summed E-state index contributed by atoms with van der Waals surface area (Å²) in [6, 6.07) is 15.9. The highest BCUT2D eigenvalue weighted by Gasteiger charge is 2.16. The summed E-state index contributed by atoms with van der Waals surface area (Å²) in [6.07, 6.45) is 0.329. The molecular formula is C20H26N2O2. The van der Waals surface area contributed by atoms with Crippen LogP contribution in [0.5, 0.6) is 5.75 Å². The lowest BCUT2D eigenvalue weighted by molar-refractivity contribution is -0.118. The van der Waals surface area contributed by atoms with Crippen molar-refractivity contribution < 1.29 is 9.53 Å². The highest BCUT2D eigenvalue weighted by Crippen LogP contribution is 2.23. The van der Waals surface area contributed by atoms with Gasteiger partial charge in [-0.05, 0) is 41.3 Å². The Morgan fingerprint density at radius 1 is 1.08 bits per heavy atom. The van der Waals surface area contributed by atoms with Crippen LogP contribution in [0.15, 0.2) is 48.5 Å². The van der Waals surface area contributed by atoms with E-state index in [1.807, 2.05) is 24.3 Å². The smallest absolute Gasteiger partial charge is 0.228 e. The summed E-state index contributed by atoms with van der Waals surface area (Å²) in [5.74, 6) is 1.29. The number of ether oxygens (including phenoxy) is 1. The number of hydrogen-bond donors (Lipinski definition) is 1. The lowest BCUT2D eigenvalue weighted by atomic mass is 10.0. The molecule has 0 aliphatic carbocycles. The van der Waals surface area contributed by atoms with E-state index in [0.29, 0.717) is 25.4 Å². The molecule has 1 amide bonds. The van der Waals surface area contributed by atoms with E-state index in [0.717, 1.165) is 17.0 Å². The minimum Gasteiger partial charge on any atom is -0.497 e. The normalized spacial score (nSPS) is 10.7. The van der Waals surface area contributed by atoms with E-state index in [9.17, 15) is 4.79 Å². The molecule has 0 bridgehead atoms. The Kier molecular flexibility index (Phi) is 6.38. The van der Waals surface area contributed by atoms with Gasteiger partial charge in [-0.1, -0.05) is 38.1 Å². The standard InChI is InChI=1S/C20H26N2O2/c1-15(2)17-6-4-16(5-7-17)14-22(20(23)12-13-21)18-8-10-19(24-3)11-9-18/h4-11,15H,12-14,21H2,1-3H3. The average molecular weight is 326 g/mol. The van der Waals surface area contributed by atoms with Gasteiger partial charge in [0.2, 0.25) is 5.91 Å². The molecule has 0 fully saturated rings. The lowest BCUT2D eigenvalue weighted by Crippen LogP contribution is -2.31. The topological polar surface area (TPSA) is 55.6 Å². The first kappa shape index (κ1) is 18.0. The molecule has 0 saturated carbocycles. The third-order valence-corrected chi connectivity index (χ3v) is 4.03. The van der Waals surface area contributed by atoms with Gasteiger partial charge in [0.05, 0.1) is 13.7 Å². The van der Waals surface area contributed by atoms with Crippen LogP contribution in [0.25, 0.3) is 0 Å². The van der Waals surface area contributed by atoms with Crippen LogP contribution < -0.4 is 15.4 Å². The molecule has 0 saturated heterocycles. The summed E-state index contributed by atoms with van der Waals surface area (Å²) in [4.78, 5) is 14.3. The number of carbonyl (C=O) groups is 1. The fourth-order valence-corrected chi connectivity index (χ4v) is 2.53. The molecule has 24 heavy (non-hydrogen) atoms. The number of nitrogens with zero attached hydrogens (tertiary/aromatic N) is 1. The molecule has 0 atom stereocenters. The second-order valence-electron chi connectivity index (χ2n) is 6.11. The second-order valence-corrected chi connectivity index (χ2v) is 6.11. The van der Waals surface area contributed by atoms with Gasteiger partial charge in [-0.2, -0.15) is 0 Å². The lowest BCUT2D eigenvalue weighted by Gasteiger charge is -2.23. The number of methoxy groups -OCH3 is 1. The molecule has 2 rings (SSSR count). The van der Waals surface area contributed by atoms with Crippen LogP contribution in [0.3, 0.4) is 0 Å². The van der Waals surface area contributed by atoms with Crippen molar-refractivity contribution in [3.63, 3.8) is 0 Å². The summed E-state index contributed by atoms with van der Waals surface area (Å²) >= 11 is 0. The van der Waals surface area contributed by atoms with Crippen molar-refractivity contribution in [2.75, 3.05) is 18.6 Å². The first-order valence-corrected chi connectivity index (χ1v) is 8.28. The van der Waals surface area contributed by atoms with Gasteiger partial charge >= 0.3 is 0 Å². The van der Waals surface area contributed by atoms with Crippen LogP contribution in [0.1, 0.15) is 37.3 Å². The third-order valence-electron chi connectivity index (χ3n) is 4.03. The van der Waals surface area contributed by atoms with Gasteiger partial charge in [0, 0.05) is 18.7 Å². The van der Waals surface area contributed by atoms with E-state index >= 15 is 0 Å². The summed E-state index contributed by atoms with van der Waals surface area (Å²) in [6.45, 7) is 5.22. The molecule has 0 aliphatic heterocycles. The maximum Gasteiger partial charge on any atom is 0.228 e. The Hall–Kier alpha value is -2.33. The maximum absolute atomic E-state index is 12.5. The summed E-state index contributed by atoms with van der Waals surface area (Å²) < 4.78 is 5.19. The van der Waals surface area contributed by atoms with E-state index in [4.69, 9.17) is 10.5 Å². The zero-order valence-corrected chi connectivity index (χ0v) is 14.7. The number of carbonyl (C=O) groups excluding carboxylic acids is 1. The zero-order chi connectivity index (χ0) is 17.5. The Morgan fingerprint density at radius 3 is 2.21 bits per heavy atom. The molecule has 0 radical (unpaired) electrons. The molecule has 0 aromatic heterocycles. The highest BCUT2D eigenvalue weighted by atomic mass is 16.5. The van der Waals surface area contributed by atoms with Crippen LogP contribution >= 0.6 is 0 Å². The molecular weight excluding hydrogens is 300 g/mol. The molecule has 2 aromatic rings. The van der Waals surface area contributed by atoms with Crippen molar-refractivity contribution in [1.82, 2.24) is 0 Å². The minimum atomic E-state index is 0.0237. The van der Waals surface area contributed by atoms with Gasteiger partial charge in [0.25, 0.3) is 0 Å². The van der Waals surface area contributed by atoms with Crippen molar-refractivity contribution in [3.05, 3.63) is 59.7 Å². The number of amides is 1. The number of rotatable bonds is 7. The molecule has 2 aromatic carbocycles. The van der Waals surface area contributed by atoms with Crippen LogP contribution in [0.4, 0.5) is 5.69 Å². The van der Waals surface area contributed by atoms with Gasteiger partial charge in [-0.25, -0.2) is 0 Å². The number of benzene rings is 2. The molecule has 4 heteroatoms. The van der Waals surface area contributed by atoms with Crippen molar-refractivity contribution in [2.45, 2.75) is 32.7 Å². The van der Waals surface area contributed by atoms with Crippen molar-refractivity contribution in [2.24, 2.45) is 5.73 Å². The predicted octanol–water partition coefficient (Wildman–Crippen LogP) is 3.70. The number of anilines is 1. The summed E-state index contributed by atoms with van der Waals surface area (Å²) in [7, 11) is 1.63. The fourth-order valence-electron chi connectivity index (χ4n) is 2.53. The third kappa shape index (κ3) is 4.59. The quantitative estimate of drug-likeness (QED) is 0.844. The first-order chi connectivity index (χ1) is 11.5. The van der Waals surface area contributed by atoms with Gasteiger partial charge < -0.3 is 15.4 Å². The van der Waals surface area contributed by atoms with Crippen LogP contribution in [0.2, 0.25) is 0 Å². The Morgan fingerprint density at radius 2 is 1.71 bits per heavy atom. The average Bonchev–Trinajstić information content (AvgIpc) is 2.60. The van der Waals surface area contributed by atoms with Crippen LogP contribution in [-0.2, 0) is 11.3 Å². The van der Waals surface area contributed by atoms with Gasteiger partial charge in [-0.15, -0.1) is 0 Å². The van der Waals surface area contributed by atoms with Crippen molar-refractivity contribution >= 4 is 11.6 Å². The number of nitrogens with two attached hydrogens (primary N) is 1. The highest BCUT2D eigenvalue weighted by molar-refractivity contribution is 5.93. The van der Waals surface area contributed by atoms with E-state index in [-0.39, 0.29) is 5.91 Å². The zero-order valence-electron chi connectivity index (χ0n) is 14.7. The molecule has 0 unspecified atom stereocenters. The van der Waals surface area contributed by atoms with E-state index in [1.54, 1.807) is 12.0 Å². The van der Waals surface area contributed by atoms with Crippen molar-refractivity contribution in [3.8, 4) is 5.75 Å². The fraction of sp³-hybridized carbons (Fsp3) is 0.350. The molecule has 128 valence electrons. The van der Waals surface area contributed by atoms with Crippen molar-refractivity contribution in [1.29, 1.82) is 0 Å². The molecule has 2 N–H and O–H groups in total. The number of hydrogen-bond acceptors (Lipinski definition) is 3. The van der Waals surface area contributed by atoms with Gasteiger partial charge in [-0.3, -0.25) is 4.79 Å². The van der Waals surface area contributed by atoms with Gasteiger partial charge in [0.15, 0.2) is 0 Å². The summed E-state index contributed by atoms with van der Waals surface area (Å²) in [5, 5.41) is 0. The second kappa shape index (κ2) is 8.50. The minimum absolute atomic E-state index is 0.0237. The van der Waals surface area contributed by atoms with E-state index < -0.39 is 0 Å². The largest absolute Gasteiger partial charge is 0.497 e. The van der Waals surface area contributed by atoms with E-state index in [2.05, 4.69) is 38.1 Å². The molecule has 0 heterocycles. The monoisotopic (exact) mass is 326 g/mol. The maximum atomic E-state index is 12.5. The van der Waals surface area contributed by atoms with E-state index in [1.165, 1.54) is 5.56 Å². The Bertz CT molecular complexity index is 648. The molecule has 0 aliphatic rings. The Labute approximate surface area is 144 Å². The Balaban J connectivity index is 2.23. The van der Waals surface area contributed by atoms with Crippen LogP contribution in [0, 0.1) is 0 Å². The van der Waals surface area contributed by atoms with Crippen LogP contribution in [-0.4, -0.2) is 19.6 Å². The first-order valence-electron chi connectivity index (χ1n) is 8.28.